The van der Waals surface area contributed by atoms with Crippen molar-refractivity contribution in [2.45, 2.75) is 36.8 Å². The van der Waals surface area contributed by atoms with Gasteiger partial charge in [0.2, 0.25) is 5.91 Å². The van der Waals surface area contributed by atoms with E-state index in [1.165, 1.54) is 12.1 Å². The Kier molecular flexibility index (Phi) is 6.63. The first kappa shape index (κ1) is 21.8. The minimum atomic E-state index is -3.35. The second-order valence-corrected chi connectivity index (χ2v) is 10.8. The molecule has 0 atom stereocenters. The minimum absolute atomic E-state index is 0.0129. The van der Waals surface area contributed by atoms with Gasteiger partial charge in [-0.05, 0) is 58.0 Å². The van der Waals surface area contributed by atoms with E-state index in [0.717, 1.165) is 26.2 Å². The second kappa shape index (κ2) is 8.83. The molecule has 7 nitrogen and oxygen atoms in total. The van der Waals surface area contributed by atoms with Crippen LogP contribution < -0.4 is 0 Å². The third-order valence-electron chi connectivity index (χ3n) is 6.00. The summed E-state index contributed by atoms with van der Waals surface area (Å²) >= 11 is 0. The minimum Gasteiger partial charge on any atom is -0.340 e. The lowest BCUT2D eigenvalue weighted by Gasteiger charge is -2.37. The fraction of sp³-hybridized carbons (Fsp3) is 0.619. The maximum absolute atomic E-state index is 12.8. The summed E-state index contributed by atoms with van der Waals surface area (Å²) in [6.45, 7) is 7.76. The molecule has 2 heterocycles. The Hall–Kier alpha value is -1.93. The Morgan fingerprint density at radius 2 is 1.45 bits per heavy atom. The molecule has 0 saturated carbocycles. The fourth-order valence-electron chi connectivity index (χ4n) is 3.86. The molecule has 1 aromatic carbocycles. The number of amides is 2. The third kappa shape index (κ3) is 4.80. The number of hydrogen-bond acceptors (Lipinski definition) is 5. The Bertz CT molecular complexity index is 835. The van der Waals surface area contributed by atoms with Gasteiger partial charge >= 0.3 is 0 Å². The van der Waals surface area contributed by atoms with Crippen molar-refractivity contribution >= 4 is 21.7 Å². The molecule has 0 N–H and O–H groups in total. The molecule has 2 amide bonds. The van der Waals surface area contributed by atoms with Crippen molar-refractivity contribution in [2.24, 2.45) is 5.92 Å². The first-order valence-electron chi connectivity index (χ1n) is 10.3. The molecule has 2 aliphatic heterocycles. The van der Waals surface area contributed by atoms with Crippen LogP contribution in [0.2, 0.25) is 0 Å². The Morgan fingerprint density at radius 3 is 1.97 bits per heavy atom. The normalized spacial score (nSPS) is 19.6. The van der Waals surface area contributed by atoms with Gasteiger partial charge in [0.25, 0.3) is 5.91 Å². The summed E-state index contributed by atoms with van der Waals surface area (Å²) in [6, 6.07) is 6.18. The highest BCUT2D eigenvalue weighted by atomic mass is 32.2. The third-order valence-corrected chi connectivity index (χ3v) is 8.17. The number of hydrogen-bond donors (Lipinski definition) is 0. The molecule has 160 valence electrons. The van der Waals surface area contributed by atoms with Crippen molar-refractivity contribution in [3.05, 3.63) is 29.8 Å². The summed E-state index contributed by atoms with van der Waals surface area (Å²) in [4.78, 5) is 31.7. The molecule has 2 aliphatic rings. The van der Waals surface area contributed by atoms with Crippen LogP contribution >= 0.6 is 0 Å². The highest BCUT2D eigenvalue weighted by Crippen LogP contribution is 2.23. The van der Waals surface area contributed by atoms with E-state index in [4.69, 9.17) is 0 Å². The Morgan fingerprint density at radius 1 is 0.897 bits per heavy atom. The zero-order chi connectivity index (χ0) is 21.2. The maximum Gasteiger partial charge on any atom is 0.253 e. The van der Waals surface area contributed by atoms with Crippen LogP contribution in [0.25, 0.3) is 0 Å². The number of sulfone groups is 1. The van der Waals surface area contributed by atoms with E-state index in [0.29, 0.717) is 31.5 Å². The molecule has 2 saturated heterocycles. The summed E-state index contributed by atoms with van der Waals surface area (Å²) in [5.41, 5.74) is 0.483. The Balaban J connectivity index is 1.57. The van der Waals surface area contributed by atoms with E-state index in [1.807, 2.05) is 4.90 Å². The molecule has 0 aliphatic carbocycles. The smallest absolute Gasteiger partial charge is 0.253 e. The molecule has 0 radical (unpaired) electrons. The van der Waals surface area contributed by atoms with Crippen LogP contribution in [0.1, 0.15) is 37.0 Å². The van der Waals surface area contributed by atoms with Crippen molar-refractivity contribution < 1.29 is 18.0 Å². The lowest BCUT2D eigenvalue weighted by Crippen LogP contribution is -2.51. The molecule has 3 rings (SSSR count). The summed E-state index contributed by atoms with van der Waals surface area (Å²) in [6.07, 6.45) is 1.35. The molecule has 8 heteroatoms. The highest BCUT2D eigenvalue weighted by molar-refractivity contribution is 7.92. The van der Waals surface area contributed by atoms with E-state index in [1.54, 1.807) is 30.9 Å². The van der Waals surface area contributed by atoms with E-state index in [9.17, 15) is 18.0 Å². The van der Waals surface area contributed by atoms with Gasteiger partial charge in [0.15, 0.2) is 9.84 Å². The number of nitrogens with zero attached hydrogens (tertiary/aromatic N) is 3. The van der Waals surface area contributed by atoms with Crippen molar-refractivity contribution in [2.75, 3.05) is 46.3 Å². The monoisotopic (exact) mass is 421 g/mol. The zero-order valence-electron chi connectivity index (χ0n) is 17.5. The Labute approximate surface area is 173 Å². The van der Waals surface area contributed by atoms with Crippen LogP contribution in [-0.2, 0) is 14.6 Å². The largest absolute Gasteiger partial charge is 0.340 e. The SMILES string of the molecule is CC(C)S(=O)(=O)c1ccc(C(=O)N2CCC(C(=O)N3CCN(C)CC3)CC2)cc1. The zero-order valence-corrected chi connectivity index (χ0v) is 18.3. The van der Waals surface area contributed by atoms with E-state index >= 15 is 0 Å². The van der Waals surface area contributed by atoms with E-state index < -0.39 is 15.1 Å². The summed E-state index contributed by atoms with van der Waals surface area (Å²) in [5.74, 6) is 0.0958. The number of likely N-dealkylation sites (tertiary alicyclic amines) is 1. The van der Waals surface area contributed by atoms with Gasteiger partial charge in [0.1, 0.15) is 0 Å². The number of piperazine rings is 1. The molecular weight excluding hydrogens is 390 g/mol. The maximum atomic E-state index is 12.8. The molecule has 0 bridgehead atoms. The number of benzene rings is 1. The van der Waals surface area contributed by atoms with Crippen molar-refractivity contribution in [1.82, 2.24) is 14.7 Å². The first-order valence-corrected chi connectivity index (χ1v) is 11.9. The number of likely N-dealkylation sites (N-methyl/N-ethyl adjacent to an activating group) is 1. The predicted octanol–water partition coefficient (Wildman–Crippen LogP) is 1.49. The summed E-state index contributed by atoms with van der Waals surface area (Å²) < 4.78 is 24.5. The molecule has 29 heavy (non-hydrogen) atoms. The molecular formula is C21H31N3O4S. The fourth-order valence-corrected chi connectivity index (χ4v) is 4.92. The van der Waals surface area contributed by atoms with Crippen LogP contribution in [0.15, 0.2) is 29.2 Å². The average molecular weight is 422 g/mol. The lowest BCUT2D eigenvalue weighted by molar-refractivity contribution is -0.138. The van der Waals surface area contributed by atoms with Crippen LogP contribution in [0, 0.1) is 5.92 Å². The van der Waals surface area contributed by atoms with Gasteiger partial charge < -0.3 is 14.7 Å². The standard InChI is InChI=1S/C21H31N3O4S/c1-16(2)29(27,28)19-6-4-17(5-7-19)20(25)23-10-8-18(9-11-23)21(26)24-14-12-22(3)13-15-24/h4-7,16,18H,8-15H2,1-3H3. The van der Waals surface area contributed by atoms with Crippen LogP contribution in [0.5, 0.6) is 0 Å². The van der Waals surface area contributed by atoms with Gasteiger partial charge in [-0.2, -0.15) is 0 Å². The van der Waals surface area contributed by atoms with Gasteiger partial charge in [0.05, 0.1) is 10.1 Å². The quantitative estimate of drug-likeness (QED) is 0.736. The molecule has 0 aromatic heterocycles. The molecule has 0 spiro atoms. The van der Waals surface area contributed by atoms with Gasteiger partial charge in [-0.3, -0.25) is 9.59 Å². The summed E-state index contributed by atoms with van der Waals surface area (Å²) in [7, 11) is -1.28. The predicted molar refractivity (Wildman–Crippen MR) is 111 cm³/mol. The lowest BCUT2D eigenvalue weighted by atomic mass is 9.94. The first-order chi connectivity index (χ1) is 13.7. The van der Waals surface area contributed by atoms with Gasteiger partial charge in [-0.15, -0.1) is 0 Å². The summed E-state index contributed by atoms with van der Waals surface area (Å²) in [5, 5.41) is -0.499. The number of piperidine rings is 1. The van der Waals surface area contributed by atoms with Crippen molar-refractivity contribution in [3.63, 3.8) is 0 Å². The van der Waals surface area contributed by atoms with Crippen LogP contribution in [0.4, 0.5) is 0 Å². The van der Waals surface area contributed by atoms with Crippen molar-refractivity contribution in [3.8, 4) is 0 Å². The van der Waals surface area contributed by atoms with Gasteiger partial charge in [-0.1, -0.05) is 0 Å². The van der Waals surface area contributed by atoms with Gasteiger partial charge in [-0.25, -0.2) is 8.42 Å². The average Bonchev–Trinajstić information content (AvgIpc) is 2.73. The van der Waals surface area contributed by atoms with E-state index in [-0.39, 0.29) is 22.6 Å². The van der Waals surface area contributed by atoms with Gasteiger partial charge in [0, 0.05) is 50.7 Å². The topological polar surface area (TPSA) is 78.0 Å². The van der Waals surface area contributed by atoms with Crippen molar-refractivity contribution in [1.29, 1.82) is 0 Å². The van der Waals surface area contributed by atoms with Crippen LogP contribution in [-0.4, -0.2) is 86.5 Å². The molecule has 2 fully saturated rings. The van der Waals surface area contributed by atoms with E-state index in [2.05, 4.69) is 11.9 Å². The van der Waals surface area contributed by atoms with Crippen LogP contribution in [0.3, 0.4) is 0 Å². The number of carbonyl (C=O) groups excluding carboxylic acids is 2. The highest BCUT2D eigenvalue weighted by Gasteiger charge is 2.31. The number of carbonyl (C=O) groups is 2. The molecule has 1 aromatic rings. The number of rotatable bonds is 4. The second-order valence-electron chi connectivity index (χ2n) is 8.31. The molecule has 0 unspecified atom stereocenters.